The molecular weight excluding hydrogens is 264 g/mol. The first-order valence-electron chi connectivity index (χ1n) is 5.83. The molecule has 2 aromatic heterocycles. The SMILES string of the molecule is CCOC(=O)c1csc(NCc2cnc(C)cn2)n1. The summed E-state index contributed by atoms with van der Waals surface area (Å²) in [5.74, 6) is -0.401. The number of anilines is 1. The minimum absolute atomic E-state index is 0.323. The molecule has 0 aliphatic heterocycles. The van der Waals surface area contributed by atoms with Crippen LogP contribution in [0.1, 0.15) is 28.8 Å². The number of thiazole rings is 1. The third-order valence-corrected chi connectivity index (χ3v) is 3.04. The van der Waals surface area contributed by atoms with Crippen molar-refractivity contribution in [2.45, 2.75) is 20.4 Å². The Morgan fingerprint density at radius 1 is 1.42 bits per heavy atom. The Morgan fingerprint density at radius 2 is 2.26 bits per heavy atom. The van der Waals surface area contributed by atoms with Crippen molar-refractivity contribution in [1.82, 2.24) is 15.0 Å². The first kappa shape index (κ1) is 13.4. The van der Waals surface area contributed by atoms with Crippen LogP contribution in [0.2, 0.25) is 0 Å². The summed E-state index contributed by atoms with van der Waals surface area (Å²) in [5, 5.41) is 5.42. The first-order chi connectivity index (χ1) is 9.19. The molecule has 0 aliphatic rings. The predicted molar refractivity (Wildman–Crippen MR) is 72.2 cm³/mol. The van der Waals surface area contributed by atoms with Crippen LogP contribution in [0, 0.1) is 6.92 Å². The number of esters is 1. The largest absolute Gasteiger partial charge is 0.461 e. The van der Waals surface area contributed by atoms with Gasteiger partial charge in [-0.05, 0) is 13.8 Å². The fourth-order valence-corrected chi connectivity index (χ4v) is 2.01. The van der Waals surface area contributed by atoms with Gasteiger partial charge in [-0.25, -0.2) is 9.78 Å². The van der Waals surface area contributed by atoms with E-state index in [0.717, 1.165) is 11.4 Å². The van der Waals surface area contributed by atoms with Crippen molar-refractivity contribution >= 4 is 22.4 Å². The lowest BCUT2D eigenvalue weighted by Crippen LogP contribution is -2.06. The number of hydrogen-bond acceptors (Lipinski definition) is 7. The zero-order valence-electron chi connectivity index (χ0n) is 10.7. The van der Waals surface area contributed by atoms with Gasteiger partial charge in [-0.15, -0.1) is 11.3 Å². The van der Waals surface area contributed by atoms with Gasteiger partial charge in [-0.3, -0.25) is 9.97 Å². The van der Waals surface area contributed by atoms with Crippen LogP contribution in [0.15, 0.2) is 17.8 Å². The Bertz CT molecular complexity index is 553. The number of nitrogens with zero attached hydrogens (tertiary/aromatic N) is 3. The molecule has 2 aromatic rings. The highest BCUT2D eigenvalue weighted by Gasteiger charge is 2.11. The highest BCUT2D eigenvalue weighted by atomic mass is 32.1. The lowest BCUT2D eigenvalue weighted by molar-refractivity contribution is 0.0520. The molecule has 2 heterocycles. The Hall–Kier alpha value is -2.02. The Morgan fingerprint density at radius 3 is 2.95 bits per heavy atom. The second-order valence-electron chi connectivity index (χ2n) is 3.76. The van der Waals surface area contributed by atoms with E-state index in [2.05, 4.69) is 20.3 Å². The maximum Gasteiger partial charge on any atom is 0.357 e. The standard InChI is InChI=1S/C12H14N4O2S/c1-3-18-11(17)10-7-19-12(16-10)15-6-9-5-13-8(2)4-14-9/h4-5,7H,3,6H2,1-2H3,(H,15,16). The van der Waals surface area contributed by atoms with Crippen LogP contribution in [0.5, 0.6) is 0 Å². The predicted octanol–water partition coefficient (Wildman–Crippen LogP) is 2.03. The fourth-order valence-electron chi connectivity index (χ4n) is 1.33. The number of aryl methyl sites for hydroxylation is 1. The summed E-state index contributed by atoms with van der Waals surface area (Å²) in [5.41, 5.74) is 2.02. The molecular formula is C12H14N4O2S. The van der Waals surface area contributed by atoms with E-state index in [9.17, 15) is 4.79 Å². The summed E-state index contributed by atoms with van der Waals surface area (Å²) in [4.78, 5) is 24.0. The van der Waals surface area contributed by atoms with Crippen molar-refractivity contribution in [3.8, 4) is 0 Å². The molecule has 0 saturated heterocycles. The summed E-state index contributed by atoms with van der Waals surface area (Å²) >= 11 is 1.35. The van der Waals surface area contributed by atoms with Gasteiger partial charge in [0.15, 0.2) is 10.8 Å². The molecule has 100 valence electrons. The van der Waals surface area contributed by atoms with Crippen LogP contribution in [-0.4, -0.2) is 27.5 Å². The van der Waals surface area contributed by atoms with Gasteiger partial charge in [-0.2, -0.15) is 0 Å². The number of carbonyl (C=O) groups excluding carboxylic acids is 1. The maximum absolute atomic E-state index is 11.4. The first-order valence-corrected chi connectivity index (χ1v) is 6.71. The van der Waals surface area contributed by atoms with Gasteiger partial charge in [0, 0.05) is 11.6 Å². The second-order valence-corrected chi connectivity index (χ2v) is 4.62. The second kappa shape index (κ2) is 6.24. The van der Waals surface area contributed by atoms with Gasteiger partial charge in [0.2, 0.25) is 0 Å². The Kier molecular flexibility index (Phi) is 4.40. The monoisotopic (exact) mass is 278 g/mol. The fraction of sp³-hybridized carbons (Fsp3) is 0.333. The average Bonchev–Trinajstić information content (AvgIpc) is 2.87. The quantitative estimate of drug-likeness (QED) is 0.843. The van der Waals surface area contributed by atoms with E-state index < -0.39 is 5.97 Å². The molecule has 7 heteroatoms. The number of rotatable bonds is 5. The van der Waals surface area contributed by atoms with Gasteiger partial charge in [0.05, 0.1) is 30.7 Å². The van der Waals surface area contributed by atoms with Crippen molar-refractivity contribution in [3.05, 3.63) is 34.9 Å². The molecule has 0 amide bonds. The molecule has 0 atom stereocenters. The Labute approximate surface area is 114 Å². The topological polar surface area (TPSA) is 77.0 Å². The van der Waals surface area contributed by atoms with Crippen LogP contribution in [0.4, 0.5) is 5.13 Å². The summed E-state index contributed by atoms with van der Waals surface area (Å²) < 4.78 is 4.87. The minimum atomic E-state index is -0.401. The highest BCUT2D eigenvalue weighted by Crippen LogP contribution is 2.16. The average molecular weight is 278 g/mol. The summed E-state index contributed by atoms with van der Waals surface area (Å²) in [7, 11) is 0. The number of carbonyl (C=O) groups is 1. The number of ether oxygens (including phenoxy) is 1. The van der Waals surface area contributed by atoms with E-state index in [1.165, 1.54) is 11.3 Å². The normalized spacial score (nSPS) is 10.2. The van der Waals surface area contributed by atoms with E-state index in [1.54, 1.807) is 24.7 Å². The molecule has 0 radical (unpaired) electrons. The lowest BCUT2D eigenvalue weighted by Gasteiger charge is -2.01. The molecule has 0 spiro atoms. The van der Waals surface area contributed by atoms with E-state index in [4.69, 9.17) is 4.74 Å². The van der Waals surface area contributed by atoms with Gasteiger partial charge >= 0.3 is 5.97 Å². The molecule has 2 rings (SSSR count). The molecule has 6 nitrogen and oxygen atoms in total. The van der Waals surface area contributed by atoms with Crippen LogP contribution in [-0.2, 0) is 11.3 Å². The molecule has 0 saturated carbocycles. The highest BCUT2D eigenvalue weighted by molar-refractivity contribution is 7.13. The van der Waals surface area contributed by atoms with Crippen molar-refractivity contribution in [2.24, 2.45) is 0 Å². The van der Waals surface area contributed by atoms with Crippen LogP contribution >= 0.6 is 11.3 Å². The zero-order valence-corrected chi connectivity index (χ0v) is 11.5. The van der Waals surface area contributed by atoms with Crippen molar-refractivity contribution in [2.75, 3.05) is 11.9 Å². The van der Waals surface area contributed by atoms with Crippen LogP contribution < -0.4 is 5.32 Å². The molecule has 0 aromatic carbocycles. The summed E-state index contributed by atoms with van der Waals surface area (Å²) in [6.45, 7) is 4.51. The summed E-state index contributed by atoms with van der Waals surface area (Å²) in [6, 6.07) is 0. The van der Waals surface area contributed by atoms with E-state index in [0.29, 0.717) is 24.0 Å². The third kappa shape index (κ3) is 3.72. The molecule has 19 heavy (non-hydrogen) atoms. The molecule has 0 bridgehead atoms. The smallest absolute Gasteiger partial charge is 0.357 e. The van der Waals surface area contributed by atoms with Crippen LogP contribution in [0.25, 0.3) is 0 Å². The molecule has 0 unspecified atom stereocenters. The molecule has 1 N–H and O–H groups in total. The number of nitrogens with one attached hydrogen (secondary N) is 1. The van der Waals surface area contributed by atoms with E-state index in [1.807, 2.05) is 6.92 Å². The van der Waals surface area contributed by atoms with E-state index >= 15 is 0 Å². The number of hydrogen-bond donors (Lipinski definition) is 1. The zero-order chi connectivity index (χ0) is 13.7. The van der Waals surface area contributed by atoms with Gasteiger partial charge in [-0.1, -0.05) is 0 Å². The van der Waals surface area contributed by atoms with Gasteiger partial charge in [0.1, 0.15) is 0 Å². The maximum atomic E-state index is 11.4. The summed E-state index contributed by atoms with van der Waals surface area (Å²) in [6.07, 6.45) is 3.42. The Balaban J connectivity index is 1.93. The molecule has 0 aliphatic carbocycles. The molecule has 0 fully saturated rings. The van der Waals surface area contributed by atoms with Gasteiger partial charge < -0.3 is 10.1 Å². The minimum Gasteiger partial charge on any atom is -0.461 e. The van der Waals surface area contributed by atoms with Crippen molar-refractivity contribution in [3.63, 3.8) is 0 Å². The van der Waals surface area contributed by atoms with Crippen molar-refractivity contribution < 1.29 is 9.53 Å². The third-order valence-electron chi connectivity index (χ3n) is 2.24. The lowest BCUT2D eigenvalue weighted by atomic mass is 10.4. The van der Waals surface area contributed by atoms with Gasteiger partial charge in [0.25, 0.3) is 0 Å². The van der Waals surface area contributed by atoms with E-state index in [-0.39, 0.29) is 0 Å². The van der Waals surface area contributed by atoms with Crippen molar-refractivity contribution in [1.29, 1.82) is 0 Å². The van der Waals surface area contributed by atoms with Crippen LogP contribution in [0.3, 0.4) is 0 Å². The number of aromatic nitrogens is 3.